The van der Waals surface area contributed by atoms with E-state index in [4.69, 9.17) is 0 Å². The van der Waals surface area contributed by atoms with E-state index in [1.54, 1.807) is 7.05 Å². The Labute approximate surface area is 161 Å². The molecule has 0 saturated heterocycles. The van der Waals surface area contributed by atoms with Crippen LogP contribution in [0.25, 0.3) is 0 Å². The summed E-state index contributed by atoms with van der Waals surface area (Å²) in [6.45, 7) is 3.50. The minimum Gasteiger partial charge on any atom is -0.355 e. The molecule has 3 rings (SSSR count). The van der Waals surface area contributed by atoms with E-state index >= 15 is 0 Å². The van der Waals surface area contributed by atoms with Gasteiger partial charge in [-0.2, -0.15) is 0 Å². The highest BCUT2D eigenvalue weighted by molar-refractivity contribution is 7.92. The third-order valence-electron chi connectivity index (χ3n) is 4.64. The molecule has 144 valence electrons. The van der Waals surface area contributed by atoms with Gasteiger partial charge in [-0.1, -0.05) is 48.0 Å². The van der Waals surface area contributed by atoms with Gasteiger partial charge in [0.2, 0.25) is 10.0 Å². The normalized spacial score (nSPS) is 14.1. The van der Waals surface area contributed by atoms with Crippen molar-refractivity contribution in [1.82, 2.24) is 10.6 Å². The molecule has 6 nitrogen and oxygen atoms in total. The van der Waals surface area contributed by atoms with E-state index in [1.165, 1.54) is 9.87 Å². The smallest absolute Gasteiger partial charge is 0.236 e. The Morgan fingerprint density at radius 3 is 2.59 bits per heavy atom. The molecule has 0 aliphatic carbocycles. The Bertz CT molecular complexity index is 908. The number of guanidine groups is 1. The van der Waals surface area contributed by atoms with Crippen molar-refractivity contribution in [2.45, 2.75) is 19.9 Å². The first-order valence-corrected chi connectivity index (χ1v) is 10.7. The number of hydrogen-bond donors (Lipinski definition) is 2. The van der Waals surface area contributed by atoms with Crippen molar-refractivity contribution in [3.8, 4) is 0 Å². The average Bonchev–Trinajstić information content (AvgIpc) is 3.11. The van der Waals surface area contributed by atoms with Crippen LogP contribution in [0.5, 0.6) is 0 Å². The maximum absolute atomic E-state index is 12.7. The van der Waals surface area contributed by atoms with Crippen molar-refractivity contribution in [1.29, 1.82) is 0 Å². The Hall–Kier alpha value is -2.54. The van der Waals surface area contributed by atoms with Crippen LogP contribution in [0.1, 0.15) is 16.7 Å². The Balaban J connectivity index is 1.51. The second-order valence-corrected chi connectivity index (χ2v) is 8.62. The van der Waals surface area contributed by atoms with Gasteiger partial charge in [-0.25, -0.2) is 8.42 Å². The van der Waals surface area contributed by atoms with Crippen molar-refractivity contribution in [2.24, 2.45) is 4.99 Å². The zero-order valence-corrected chi connectivity index (χ0v) is 16.6. The largest absolute Gasteiger partial charge is 0.355 e. The fourth-order valence-corrected chi connectivity index (χ4v) is 4.55. The fraction of sp³-hybridized carbons (Fsp3) is 0.350. The van der Waals surface area contributed by atoms with E-state index in [0.29, 0.717) is 25.6 Å². The molecule has 2 N–H and O–H groups in total. The number of fused-ring (bicyclic) bond motifs is 1. The number of para-hydroxylation sites is 1. The first-order valence-electron chi connectivity index (χ1n) is 9.08. The zero-order valence-electron chi connectivity index (χ0n) is 15.8. The van der Waals surface area contributed by atoms with Gasteiger partial charge < -0.3 is 10.6 Å². The van der Waals surface area contributed by atoms with Gasteiger partial charge >= 0.3 is 0 Å². The Kier molecular flexibility index (Phi) is 6.01. The number of nitrogens with one attached hydrogen (secondary N) is 2. The van der Waals surface area contributed by atoms with Crippen LogP contribution in [-0.4, -0.2) is 40.3 Å². The van der Waals surface area contributed by atoms with E-state index in [9.17, 15) is 8.42 Å². The maximum Gasteiger partial charge on any atom is 0.236 e. The molecule has 2 aromatic rings. The fourth-order valence-electron chi connectivity index (χ4n) is 3.12. The third kappa shape index (κ3) is 4.80. The molecule has 1 heterocycles. The SMILES string of the molecule is CN=C(NCCS(=O)(=O)N1CCc2ccccc21)NCc1ccc(C)cc1. The van der Waals surface area contributed by atoms with Gasteiger partial charge in [0.1, 0.15) is 0 Å². The summed E-state index contributed by atoms with van der Waals surface area (Å²) >= 11 is 0. The minimum atomic E-state index is -3.36. The number of hydrogen-bond acceptors (Lipinski definition) is 3. The summed E-state index contributed by atoms with van der Waals surface area (Å²) < 4.78 is 26.9. The summed E-state index contributed by atoms with van der Waals surface area (Å²) in [7, 11) is -1.68. The van der Waals surface area contributed by atoms with Gasteiger partial charge in [0.05, 0.1) is 11.4 Å². The number of rotatable bonds is 6. The molecule has 1 aliphatic heterocycles. The molecule has 0 amide bonds. The van der Waals surface area contributed by atoms with Crippen LogP contribution < -0.4 is 14.9 Å². The highest BCUT2D eigenvalue weighted by Gasteiger charge is 2.28. The molecule has 27 heavy (non-hydrogen) atoms. The van der Waals surface area contributed by atoms with Gasteiger partial charge in [0, 0.05) is 26.7 Å². The molecular formula is C20H26N4O2S. The Morgan fingerprint density at radius 2 is 1.85 bits per heavy atom. The molecule has 0 saturated carbocycles. The van der Waals surface area contributed by atoms with Crippen LogP contribution in [-0.2, 0) is 23.0 Å². The highest BCUT2D eigenvalue weighted by atomic mass is 32.2. The van der Waals surface area contributed by atoms with Crippen LogP contribution >= 0.6 is 0 Å². The molecule has 7 heteroatoms. The maximum atomic E-state index is 12.7. The summed E-state index contributed by atoms with van der Waals surface area (Å²) in [4.78, 5) is 4.16. The first-order chi connectivity index (χ1) is 13.0. The van der Waals surface area contributed by atoms with Gasteiger partial charge in [0.15, 0.2) is 5.96 Å². The topological polar surface area (TPSA) is 73.8 Å². The van der Waals surface area contributed by atoms with E-state index in [1.807, 2.05) is 24.3 Å². The van der Waals surface area contributed by atoms with Crippen molar-refractivity contribution >= 4 is 21.7 Å². The van der Waals surface area contributed by atoms with Crippen LogP contribution in [0.4, 0.5) is 5.69 Å². The van der Waals surface area contributed by atoms with Crippen LogP contribution in [0.2, 0.25) is 0 Å². The first kappa shape index (κ1) is 19.2. The molecule has 0 unspecified atom stereocenters. The van der Waals surface area contributed by atoms with E-state index in [2.05, 4.69) is 46.8 Å². The predicted molar refractivity (Wildman–Crippen MR) is 111 cm³/mol. The number of benzene rings is 2. The standard InChI is InChI=1S/C20H26N4O2S/c1-16-7-9-17(10-8-16)15-23-20(21-2)22-12-14-27(25,26)24-13-11-18-5-3-4-6-19(18)24/h3-10H,11-15H2,1-2H3,(H2,21,22,23). The minimum absolute atomic E-state index is 0.0204. The molecule has 2 aromatic carbocycles. The third-order valence-corrected chi connectivity index (χ3v) is 6.41. The average molecular weight is 387 g/mol. The molecule has 0 spiro atoms. The molecule has 0 aromatic heterocycles. The lowest BCUT2D eigenvalue weighted by molar-refractivity contribution is 0.591. The number of nitrogens with zero attached hydrogens (tertiary/aromatic N) is 2. The van der Waals surface area contributed by atoms with Crippen LogP contribution in [0, 0.1) is 6.92 Å². The monoisotopic (exact) mass is 386 g/mol. The Morgan fingerprint density at radius 1 is 1.11 bits per heavy atom. The van der Waals surface area contributed by atoms with Crippen molar-refractivity contribution in [3.05, 3.63) is 65.2 Å². The highest BCUT2D eigenvalue weighted by Crippen LogP contribution is 2.29. The van der Waals surface area contributed by atoms with Crippen molar-refractivity contribution in [2.75, 3.05) is 30.2 Å². The second kappa shape index (κ2) is 8.43. The van der Waals surface area contributed by atoms with Gasteiger partial charge in [-0.3, -0.25) is 9.30 Å². The molecule has 0 radical (unpaired) electrons. The van der Waals surface area contributed by atoms with Gasteiger partial charge in [0.25, 0.3) is 0 Å². The van der Waals surface area contributed by atoms with Crippen LogP contribution in [0.15, 0.2) is 53.5 Å². The van der Waals surface area contributed by atoms with Crippen molar-refractivity contribution < 1.29 is 8.42 Å². The second-order valence-electron chi connectivity index (χ2n) is 6.61. The molecule has 0 bridgehead atoms. The van der Waals surface area contributed by atoms with Crippen molar-refractivity contribution in [3.63, 3.8) is 0 Å². The van der Waals surface area contributed by atoms with Gasteiger partial charge in [-0.05, 0) is 30.5 Å². The van der Waals surface area contributed by atoms with Crippen LogP contribution in [0.3, 0.4) is 0 Å². The number of anilines is 1. The summed E-state index contributed by atoms with van der Waals surface area (Å²) in [6.07, 6.45) is 0.766. The lowest BCUT2D eigenvalue weighted by Crippen LogP contribution is -2.41. The summed E-state index contributed by atoms with van der Waals surface area (Å²) in [5.41, 5.74) is 4.25. The summed E-state index contributed by atoms with van der Waals surface area (Å²) in [5, 5.41) is 6.29. The molecular weight excluding hydrogens is 360 g/mol. The number of sulfonamides is 1. The van der Waals surface area contributed by atoms with E-state index in [0.717, 1.165) is 23.2 Å². The molecule has 0 atom stereocenters. The van der Waals surface area contributed by atoms with Gasteiger partial charge in [-0.15, -0.1) is 0 Å². The van der Waals surface area contributed by atoms with E-state index < -0.39 is 10.0 Å². The van der Waals surface area contributed by atoms with E-state index in [-0.39, 0.29) is 5.75 Å². The summed E-state index contributed by atoms with van der Waals surface area (Å²) in [5.74, 6) is 0.611. The summed E-state index contributed by atoms with van der Waals surface area (Å²) in [6, 6.07) is 15.9. The number of aliphatic imine (C=N–C) groups is 1. The quantitative estimate of drug-likeness (QED) is 0.589. The molecule has 1 aliphatic rings. The zero-order chi connectivity index (χ0) is 19.3. The lowest BCUT2D eigenvalue weighted by atomic mass is 10.1. The number of aryl methyl sites for hydroxylation is 1. The predicted octanol–water partition coefficient (Wildman–Crippen LogP) is 2.05. The molecule has 0 fully saturated rings. The lowest BCUT2D eigenvalue weighted by Gasteiger charge is -2.20.